The Morgan fingerprint density at radius 1 is 0.821 bits per heavy atom. The number of methoxy groups -OCH3 is 2. The third-order valence-electron chi connectivity index (χ3n) is 6.17. The van der Waals surface area contributed by atoms with Crippen LogP contribution in [0.2, 0.25) is 0 Å². The highest BCUT2D eigenvalue weighted by Crippen LogP contribution is 2.50. The SMILES string of the molecule is COc1ccc2c(c1)CC1=C(c3cccc(C)c3)c3cc(OC)ccc3CC12. The smallest absolute Gasteiger partial charge is 0.119 e. The maximum absolute atomic E-state index is 5.55. The lowest BCUT2D eigenvalue weighted by molar-refractivity contribution is 0.414. The van der Waals surface area contributed by atoms with Crippen LogP contribution >= 0.6 is 0 Å². The lowest BCUT2D eigenvalue weighted by atomic mass is 9.76. The molecule has 0 spiro atoms. The monoisotopic (exact) mass is 368 g/mol. The van der Waals surface area contributed by atoms with Gasteiger partial charge in [-0.15, -0.1) is 0 Å². The molecule has 1 atom stereocenters. The zero-order chi connectivity index (χ0) is 19.3. The van der Waals surface area contributed by atoms with E-state index in [9.17, 15) is 0 Å². The first kappa shape index (κ1) is 17.1. The molecule has 2 nitrogen and oxygen atoms in total. The zero-order valence-corrected chi connectivity index (χ0v) is 16.6. The molecule has 3 aromatic carbocycles. The third kappa shape index (κ3) is 2.63. The van der Waals surface area contributed by atoms with Crippen molar-refractivity contribution in [3.63, 3.8) is 0 Å². The molecule has 0 saturated heterocycles. The van der Waals surface area contributed by atoms with E-state index in [1.807, 2.05) is 0 Å². The highest BCUT2D eigenvalue weighted by atomic mass is 16.5. The molecule has 0 fully saturated rings. The second kappa shape index (κ2) is 6.56. The van der Waals surface area contributed by atoms with Crippen molar-refractivity contribution in [1.82, 2.24) is 0 Å². The van der Waals surface area contributed by atoms with E-state index in [1.54, 1.807) is 14.2 Å². The Kier molecular flexibility index (Phi) is 4.01. The third-order valence-corrected chi connectivity index (χ3v) is 6.17. The van der Waals surface area contributed by atoms with Crippen molar-refractivity contribution in [2.75, 3.05) is 14.2 Å². The van der Waals surface area contributed by atoms with Gasteiger partial charge in [-0.1, -0.05) is 42.0 Å². The van der Waals surface area contributed by atoms with Crippen LogP contribution in [0.4, 0.5) is 0 Å². The molecule has 5 rings (SSSR count). The molecule has 2 aliphatic carbocycles. The summed E-state index contributed by atoms with van der Waals surface area (Å²) in [6.45, 7) is 2.16. The van der Waals surface area contributed by atoms with Crippen molar-refractivity contribution in [2.24, 2.45) is 0 Å². The molecule has 0 bridgehead atoms. The summed E-state index contributed by atoms with van der Waals surface area (Å²) in [6.07, 6.45) is 2.03. The first-order chi connectivity index (χ1) is 13.7. The molecule has 0 aromatic heterocycles. The van der Waals surface area contributed by atoms with Crippen molar-refractivity contribution in [1.29, 1.82) is 0 Å². The lowest BCUT2D eigenvalue weighted by Gasteiger charge is -2.28. The number of fused-ring (bicyclic) bond motifs is 4. The Morgan fingerprint density at radius 2 is 1.61 bits per heavy atom. The van der Waals surface area contributed by atoms with Crippen LogP contribution in [0.25, 0.3) is 5.57 Å². The maximum Gasteiger partial charge on any atom is 0.119 e. The number of hydrogen-bond donors (Lipinski definition) is 0. The number of allylic oxidation sites excluding steroid dienone is 1. The van der Waals surface area contributed by atoms with Gasteiger partial charge in [0.1, 0.15) is 11.5 Å². The van der Waals surface area contributed by atoms with Gasteiger partial charge < -0.3 is 9.47 Å². The summed E-state index contributed by atoms with van der Waals surface area (Å²) < 4.78 is 11.0. The second-order valence-corrected chi connectivity index (χ2v) is 7.79. The highest BCUT2D eigenvalue weighted by Gasteiger charge is 2.35. The van der Waals surface area contributed by atoms with Crippen LogP contribution in [-0.4, -0.2) is 14.2 Å². The molecule has 3 aromatic rings. The van der Waals surface area contributed by atoms with E-state index in [0.717, 1.165) is 24.3 Å². The summed E-state index contributed by atoms with van der Waals surface area (Å²) >= 11 is 0. The van der Waals surface area contributed by atoms with E-state index in [2.05, 4.69) is 67.6 Å². The minimum absolute atomic E-state index is 0.442. The zero-order valence-electron chi connectivity index (χ0n) is 16.6. The fourth-order valence-corrected chi connectivity index (χ4v) is 4.84. The van der Waals surface area contributed by atoms with Crippen molar-refractivity contribution >= 4 is 5.57 Å². The molecule has 1 unspecified atom stereocenters. The number of benzene rings is 3. The topological polar surface area (TPSA) is 18.5 Å². The van der Waals surface area contributed by atoms with E-state index in [0.29, 0.717) is 5.92 Å². The molecule has 0 N–H and O–H groups in total. The van der Waals surface area contributed by atoms with Crippen LogP contribution in [0, 0.1) is 6.92 Å². The summed E-state index contributed by atoms with van der Waals surface area (Å²) in [5.41, 5.74) is 11.0. The average Bonchev–Trinajstić information content (AvgIpc) is 3.08. The molecule has 0 amide bonds. The summed E-state index contributed by atoms with van der Waals surface area (Å²) in [5, 5.41) is 0. The van der Waals surface area contributed by atoms with Crippen molar-refractivity contribution in [3.05, 3.63) is 99.6 Å². The van der Waals surface area contributed by atoms with E-state index in [1.165, 1.54) is 44.5 Å². The Hall–Kier alpha value is -3.00. The maximum atomic E-state index is 5.55. The second-order valence-electron chi connectivity index (χ2n) is 7.79. The van der Waals surface area contributed by atoms with Crippen LogP contribution in [-0.2, 0) is 12.8 Å². The Labute approximate surface area is 166 Å². The number of rotatable bonds is 3. The van der Waals surface area contributed by atoms with Gasteiger partial charge in [0.05, 0.1) is 14.2 Å². The van der Waals surface area contributed by atoms with Crippen LogP contribution in [0.5, 0.6) is 11.5 Å². The standard InChI is InChI=1S/C26H24O2/c1-16-5-4-6-18(11-16)26-23-15-21(28-3)8-7-17(23)13-24-22-10-9-20(27-2)12-19(22)14-25(24)26/h4-12,15,24H,13-14H2,1-3H3. The molecule has 28 heavy (non-hydrogen) atoms. The van der Waals surface area contributed by atoms with E-state index in [4.69, 9.17) is 9.47 Å². The molecule has 140 valence electrons. The normalized spacial score (nSPS) is 17.0. The predicted molar refractivity (Wildman–Crippen MR) is 113 cm³/mol. The Bertz CT molecular complexity index is 1110. The van der Waals surface area contributed by atoms with Crippen molar-refractivity contribution in [3.8, 4) is 11.5 Å². The molecular weight excluding hydrogens is 344 g/mol. The van der Waals surface area contributed by atoms with Gasteiger partial charge in [0.25, 0.3) is 0 Å². The molecular formula is C26H24O2. The largest absolute Gasteiger partial charge is 0.497 e. The van der Waals surface area contributed by atoms with Crippen LogP contribution < -0.4 is 9.47 Å². The van der Waals surface area contributed by atoms with E-state index in [-0.39, 0.29) is 0 Å². The van der Waals surface area contributed by atoms with Gasteiger partial charge in [-0.2, -0.15) is 0 Å². The summed E-state index contributed by atoms with van der Waals surface area (Å²) in [5.74, 6) is 2.30. The van der Waals surface area contributed by atoms with Gasteiger partial charge in [-0.3, -0.25) is 0 Å². The highest BCUT2D eigenvalue weighted by molar-refractivity contribution is 5.88. The first-order valence-corrected chi connectivity index (χ1v) is 9.82. The fourth-order valence-electron chi connectivity index (χ4n) is 4.84. The fraction of sp³-hybridized carbons (Fsp3) is 0.231. The predicted octanol–water partition coefficient (Wildman–Crippen LogP) is 5.71. The van der Waals surface area contributed by atoms with E-state index >= 15 is 0 Å². The quantitative estimate of drug-likeness (QED) is 0.589. The average molecular weight is 368 g/mol. The molecule has 0 saturated carbocycles. The minimum Gasteiger partial charge on any atom is -0.497 e. The van der Waals surface area contributed by atoms with Gasteiger partial charge >= 0.3 is 0 Å². The van der Waals surface area contributed by atoms with Gasteiger partial charge in [-0.05, 0) is 83.0 Å². The Morgan fingerprint density at radius 3 is 2.39 bits per heavy atom. The van der Waals surface area contributed by atoms with Crippen molar-refractivity contribution in [2.45, 2.75) is 25.7 Å². The van der Waals surface area contributed by atoms with Crippen LogP contribution in [0.15, 0.2) is 66.2 Å². The van der Waals surface area contributed by atoms with Crippen LogP contribution in [0.1, 0.15) is 39.3 Å². The number of aryl methyl sites for hydroxylation is 1. The first-order valence-electron chi connectivity index (χ1n) is 9.82. The van der Waals surface area contributed by atoms with Crippen molar-refractivity contribution < 1.29 is 9.47 Å². The molecule has 0 radical (unpaired) electrons. The summed E-state index contributed by atoms with van der Waals surface area (Å²) in [6, 6.07) is 22.0. The number of hydrogen-bond acceptors (Lipinski definition) is 2. The minimum atomic E-state index is 0.442. The van der Waals surface area contributed by atoms with Gasteiger partial charge in [0.15, 0.2) is 0 Å². The molecule has 2 aliphatic rings. The molecule has 2 heteroatoms. The molecule has 0 aliphatic heterocycles. The molecule has 0 heterocycles. The van der Waals surface area contributed by atoms with Gasteiger partial charge in [0, 0.05) is 5.92 Å². The van der Waals surface area contributed by atoms with Gasteiger partial charge in [-0.25, -0.2) is 0 Å². The van der Waals surface area contributed by atoms with E-state index < -0.39 is 0 Å². The van der Waals surface area contributed by atoms with Gasteiger partial charge in [0.2, 0.25) is 0 Å². The Balaban J connectivity index is 1.76. The number of ether oxygens (including phenoxy) is 2. The summed E-state index contributed by atoms with van der Waals surface area (Å²) in [4.78, 5) is 0. The lowest BCUT2D eigenvalue weighted by Crippen LogP contribution is -2.13. The summed E-state index contributed by atoms with van der Waals surface area (Å²) in [7, 11) is 3.48. The van der Waals surface area contributed by atoms with Crippen LogP contribution in [0.3, 0.4) is 0 Å².